The molecular formula is C42H71N13O9S. The quantitative estimate of drug-likeness (QED) is 0.0275. The number of guanidine groups is 1. The van der Waals surface area contributed by atoms with Crippen molar-refractivity contribution < 1.29 is 43.5 Å². The summed E-state index contributed by atoms with van der Waals surface area (Å²) in [5.74, 6) is -5.13. The third kappa shape index (κ3) is 18.2. The molecule has 0 saturated carbocycles. The van der Waals surface area contributed by atoms with E-state index in [0.717, 1.165) is 6.42 Å². The van der Waals surface area contributed by atoms with Crippen LogP contribution in [0.3, 0.4) is 0 Å². The van der Waals surface area contributed by atoms with Gasteiger partial charge in [0.2, 0.25) is 41.4 Å². The Hall–Kier alpha value is -5.45. The topological polar surface area (TPSA) is 337 Å². The van der Waals surface area contributed by atoms with E-state index in [1.807, 2.05) is 34.0 Å². The minimum atomic E-state index is -1.21. The molecule has 65 heavy (non-hydrogen) atoms. The number of rotatable bonds is 27. The molecule has 2 saturated heterocycles. The van der Waals surface area contributed by atoms with Gasteiger partial charge in [0, 0.05) is 31.4 Å². The average molecular weight is 934 g/mol. The first kappa shape index (κ1) is 53.9. The number of amides is 7. The fourth-order valence-electron chi connectivity index (χ4n) is 7.66. The lowest BCUT2D eigenvalue weighted by Gasteiger charge is -2.31. The number of aliphatic carboxylic acids is 1. The first-order valence-corrected chi connectivity index (χ1v) is 23.8. The normalized spacial score (nSPS) is 18.7. The minimum Gasteiger partial charge on any atom is -0.480 e. The molecule has 1 aromatic heterocycles. The van der Waals surface area contributed by atoms with Gasteiger partial charge in [-0.05, 0) is 95.1 Å². The first-order valence-electron chi connectivity index (χ1n) is 22.4. The maximum atomic E-state index is 14.4. The van der Waals surface area contributed by atoms with E-state index in [0.29, 0.717) is 30.8 Å². The van der Waals surface area contributed by atoms with Crippen LogP contribution in [0.1, 0.15) is 98.1 Å². The second kappa shape index (κ2) is 27.1. The number of carboxylic acid groups (broad SMARTS) is 1. The highest BCUT2D eigenvalue weighted by Crippen LogP contribution is 2.21. The van der Waals surface area contributed by atoms with Gasteiger partial charge in [-0.2, -0.15) is 11.8 Å². The lowest BCUT2D eigenvalue weighted by molar-refractivity contribution is -0.143. The molecule has 8 atom stereocenters. The van der Waals surface area contributed by atoms with Crippen LogP contribution in [-0.4, -0.2) is 153 Å². The van der Waals surface area contributed by atoms with E-state index in [2.05, 4.69) is 52.2 Å². The molecule has 13 N–H and O–H groups in total. The van der Waals surface area contributed by atoms with E-state index in [9.17, 15) is 43.5 Å². The van der Waals surface area contributed by atoms with E-state index < -0.39 is 89.7 Å². The van der Waals surface area contributed by atoms with Crippen LogP contribution in [0.2, 0.25) is 0 Å². The van der Waals surface area contributed by atoms with Crippen molar-refractivity contribution in [3.8, 4) is 0 Å². The summed E-state index contributed by atoms with van der Waals surface area (Å²) in [6.45, 7) is 9.89. The minimum absolute atomic E-state index is 0.0419. The summed E-state index contributed by atoms with van der Waals surface area (Å²) >= 11 is 1.43. The summed E-state index contributed by atoms with van der Waals surface area (Å²) in [6.07, 6.45) is 8.00. The van der Waals surface area contributed by atoms with Gasteiger partial charge in [0.15, 0.2) is 5.96 Å². The number of H-pyrrole nitrogens is 1. The van der Waals surface area contributed by atoms with Gasteiger partial charge < -0.3 is 63.7 Å². The van der Waals surface area contributed by atoms with Crippen molar-refractivity contribution in [2.24, 2.45) is 28.3 Å². The van der Waals surface area contributed by atoms with Crippen LogP contribution in [0, 0.1) is 11.8 Å². The molecule has 22 nitrogen and oxygen atoms in total. The summed E-state index contributed by atoms with van der Waals surface area (Å²) in [5.41, 5.74) is 11.6. The van der Waals surface area contributed by atoms with Crippen LogP contribution in [0.15, 0.2) is 17.5 Å². The smallest absolute Gasteiger partial charge is 0.326 e. The lowest BCUT2D eigenvalue weighted by Crippen LogP contribution is -2.60. The Bertz CT molecular complexity index is 1790. The predicted octanol–water partition coefficient (Wildman–Crippen LogP) is -1.39. The number of thioether (sulfide) groups is 1. The molecule has 3 heterocycles. The number of hydrogen-bond acceptors (Lipinski definition) is 12. The number of carbonyl (C=O) groups is 8. The van der Waals surface area contributed by atoms with Gasteiger partial charge in [-0.3, -0.25) is 38.6 Å². The van der Waals surface area contributed by atoms with E-state index >= 15 is 0 Å². The number of aromatic amines is 1. The highest BCUT2D eigenvalue weighted by molar-refractivity contribution is 7.98. The van der Waals surface area contributed by atoms with Crippen molar-refractivity contribution in [3.63, 3.8) is 0 Å². The van der Waals surface area contributed by atoms with Crippen molar-refractivity contribution in [3.05, 3.63) is 18.2 Å². The van der Waals surface area contributed by atoms with Crippen LogP contribution in [0.25, 0.3) is 0 Å². The maximum absolute atomic E-state index is 14.4. The van der Waals surface area contributed by atoms with E-state index in [-0.39, 0.29) is 81.7 Å². The summed E-state index contributed by atoms with van der Waals surface area (Å²) in [4.78, 5) is 120. The van der Waals surface area contributed by atoms with Crippen LogP contribution in [0.4, 0.5) is 0 Å². The molecule has 0 aliphatic carbocycles. The van der Waals surface area contributed by atoms with E-state index in [1.54, 1.807) is 6.20 Å². The zero-order chi connectivity index (χ0) is 48.2. The molecule has 364 valence electrons. The number of likely N-dealkylation sites (tertiary alicyclic amines) is 1. The zero-order valence-corrected chi connectivity index (χ0v) is 39.3. The zero-order valence-electron chi connectivity index (χ0n) is 38.4. The average Bonchev–Trinajstić information content (AvgIpc) is 4.06. The molecular weight excluding hydrogens is 863 g/mol. The Labute approximate surface area is 384 Å². The van der Waals surface area contributed by atoms with Crippen LogP contribution < -0.4 is 48.7 Å². The van der Waals surface area contributed by atoms with Crippen LogP contribution in [-0.2, 0) is 44.8 Å². The van der Waals surface area contributed by atoms with Crippen molar-refractivity contribution in [2.75, 3.05) is 31.6 Å². The molecule has 3 rings (SSSR count). The fourth-order valence-corrected chi connectivity index (χ4v) is 8.13. The molecule has 0 radical (unpaired) electrons. The standard InChI is InChI=1S/C42H71N13O9S/c1-23(2)18-30(37(59)51-29(41(63)64)13-17-65-6)52-34(56)25(5)49-36(58)28(11-8-15-47-42(43)44)50-39(61)33-12-9-16-55(33)40(62)32(19-24(3)4)54-38(60)31(20-26-21-45-22-48-26)53-35(57)27-10-7-14-46-27/h21-25,27-33,46H,7-20H2,1-6H3,(H,45,48)(H,49,58)(H,50,61)(H,51,59)(H,52,56)(H,53,57)(H,54,60)(H,63,64)(H4,43,44,47)/t25-,27-,28-,29-,30-,31-,32-,33-/m0/s1. The predicted molar refractivity (Wildman–Crippen MR) is 245 cm³/mol. The number of imidazole rings is 1. The Kier molecular flexibility index (Phi) is 22.5. The van der Waals surface area contributed by atoms with Crippen LogP contribution in [0.5, 0.6) is 0 Å². The lowest BCUT2D eigenvalue weighted by atomic mass is 10.0. The van der Waals surface area contributed by atoms with Gasteiger partial charge >= 0.3 is 5.97 Å². The number of aromatic nitrogens is 2. The number of hydrogen-bond donors (Lipinski definition) is 11. The molecule has 0 aromatic carbocycles. The van der Waals surface area contributed by atoms with Gasteiger partial charge in [-0.25, -0.2) is 9.78 Å². The molecule has 2 aliphatic heterocycles. The summed E-state index contributed by atoms with van der Waals surface area (Å²) in [7, 11) is 0. The van der Waals surface area contributed by atoms with Crippen molar-refractivity contribution in [1.82, 2.24) is 52.1 Å². The number of carboxylic acids is 1. The highest BCUT2D eigenvalue weighted by atomic mass is 32.2. The van der Waals surface area contributed by atoms with Gasteiger partial charge in [0.1, 0.15) is 42.3 Å². The summed E-state index contributed by atoms with van der Waals surface area (Å²) in [6, 6.07) is -8.20. The first-order chi connectivity index (χ1) is 30.8. The van der Waals surface area contributed by atoms with Crippen molar-refractivity contribution in [1.29, 1.82) is 0 Å². The molecule has 0 spiro atoms. The molecule has 7 amide bonds. The number of nitrogens with zero attached hydrogens (tertiary/aromatic N) is 3. The molecule has 23 heteroatoms. The van der Waals surface area contributed by atoms with Gasteiger partial charge in [0.25, 0.3) is 0 Å². The Balaban J connectivity index is 1.77. The van der Waals surface area contributed by atoms with Crippen molar-refractivity contribution in [2.45, 2.75) is 147 Å². The number of nitrogens with two attached hydrogens (primary N) is 2. The Morgan fingerprint density at radius 1 is 0.800 bits per heavy atom. The third-order valence-corrected chi connectivity index (χ3v) is 11.7. The Morgan fingerprint density at radius 3 is 2.03 bits per heavy atom. The van der Waals surface area contributed by atoms with E-state index in [1.165, 1.54) is 29.9 Å². The second-order valence-electron chi connectivity index (χ2n) is 17.5. The highest BCUT2D eigenvalue weighted by Gasteiger charge is 2.40. The molecule has 1 aromatic rings. The molecule has 0 unspecified atom stereocenters. The monoisotopic (exact) mass is 934 g/mol. The number of aliphatic imine (C=N–C) groups is 1. The number of carbonyl (C=O) groups excluding carboxylic acids is 7. The van der Waals surface area contributed by atoms with Crippen molar-refractivity contribution >= 4 is 65.0 Å². The molecule has 2 aliphatic rings. The summed E-state index contributed by atoms with van der Waals surface area (Å²) < 4.78 is 0. The maximum Gasteiger partial charge on any atom is 0.326 e. The largest absolute Gasteiger partial charge is 0.480 e. The van der Waals surface area contributed by atoms with Gasteiger partial charge in [-0.1, -0.05) is 27.7 Å². The second-order valence-corrected chi connectivity index (χ2v) is 18.5. The molecule has 0 bridgehead atoms. The SMILES string of the molecule is CSCC[C@H](NC(=O)[C@H](CC(C)C)NC(=O)[C@H](C)NC(=O)[C@H](CCCN=C(N)N)NC(=O)[C@@H]1CCCN1C(=O)[C@H](CC(C)C)NC(=O)[C@H](Cc1cnc[nH]1)NC(=O)[C@@H]1CCCN1)C(=O)O. The Morgan fingerprint density at radius 2 is 1.43 bits per heavy atom. The van der Waals surface area contributed by atoms with E-state index in [4.69, 9.17) is 11.5 Å². The number of nitrogens with one attached hydrogen (secondary N) is 8. The third-order valence-electron chi connectivity index (χ3n) is 11.0. The van der Waals surface area contributed by atoms with Gasteiger partial charge in [0.05, 0.1) is 12.4 Å². The summed E-state index contributed by atoms with van der Waals surface area (Å²) in [5, 5.41) is 29.0. The van der Waals surface area contributed by atoms with Gasteiger partial charge in [-0.15, -0.1) is 0 Å². The van der Waals surface area contributed by atoms with Crippen LogP contribution >= 0.6 is 11.8 Å². The molecule has 2 fully saturated rings. The fraction of sp³-hybridized carbons (Fsp3) is 0.714.